The molecule has 1 aromatic rings. The van der Waals surface area contributed by atoms with E-state index in [9.17, 15) is 24.1 Å². The van der Waals surface area contributed by atoms with Crippen molar-refractivity contribution in [3.05, 3.63) is 39.2 Å². The van der Waals surface area contributed by atoms with Crippen molar-refractivity contribution in [1.29, 1.82) is 0 Å². The molecule has 20 heavy (non-hydrogen) atoms. The molecular weight excluding hydrogens is 275 g/mol. The van der Waals surface area contributed by atoms with Gasteiger partial charge >= 0.3 is 5.97 Å². The normalized spacial score (nSPS) is 11.8. The van der Waals surface area contributed by atoms with E-state index in [4.69, 9.17) is 10.2 Å². The molecule has 1 aromatic carbocycles. The van der Waals surface area contributed by atoms with Crippen molar-refractivity contribution in [1.82, 2.24) is 5.32 Å². The Morgan fingerprint density at radius 1 is 1.50 bits per heavy atom. The van der Waals surface area contributed by atoms with Gasteiger partial charge in [0.2, 0.25) is 0 Å². The first-order chi connectivity index (χ1) is 9.23. The summed E-state index contributed by atoms with van der Waals surface area (Å²) in [6, 6.07) is 1.71. The van der Waals surface area contributed by atoms with Crippen LogP contribution in [0, 0.1) is 22.9 Å². The van der Waals surface area contributed by atoms with Crippen molar-refractivity contribution in [2.24, 2.45) is 0 Å². The van der Waals surface area contributed by atoms with E-state index < -0.39 is 46.5 Å². The number of aryl methyl sites for hydroxylation is 1. The van der Waals surface area contributed by atoms with Crippen molar-refractivity contribution >= 4 is 17.6 Å². The summed E-state index contributed by atoms with van der Waals surface area (Å²) < 4.78 is 13.7. The topological polar surface area (TPSA) is 130 Å². The molecule has 0 aliphatic rings. The number of amides is 1. The number of aliphatic hydroxyl groups is 1. The number of aliphatic hydroxyl groups excluding tert-OH is 1. The summed E-state index contributed by atoms with van der Waals surface area (Å²) in [6.45, 7) is 0.612. The van der Waals surface area contributed by atoms with E-state index in [1.807, 2.05) is 5.32 Å². The van der Waals surface area contributed by atoms with Gasteiger partial charge in [-0.05, 0) is 12.5 Å². The number of carbonyl (C=O) groups excluding carboxylic acids is 1. The SMILES string of the molecule is Cc1cc([N+](=O)[O-])cc(C(=O)NC[C@H](O)C(=O)O)c1F. The molecule has 0 aliphatic heterocycles. The lowest BCUT2D eigenvalue weighted by molar-refractivity contribution is -0.385. The highest BCUT2D eigenvalue weighted by Crippen LogP contribution is 2.20. The maximum atomic E-state index is 13.7. The second-order valence-corrected chi connectivity index (χ2v) is 3.95. The molecule has 0 saturated carbocycles. The molecule has 0 spiro atoms. The van der Waals surface area contributed by atoms with E-state index in [1.165, 1.54) is 6.92 Å². The number of nitrogens with zero attached hydrogens (tertiary/aromatic N) is 1. The van der Waals surface area contributed by atoms with E-state index in [0.29, 0.717) is 0 Å². The van der Waals surface area contributed by atoms with Gasteiger partial charge in [0.15, 0.2) is 6.10 Å². The zero-order chi connectivity index (χ0) is 15.4. The maximum Gasteiger partial charge on any atom is 0.334 e. The molecule has 0 radical (unpaired) electrons. The van der Waals surface area contributed by atoms with E-state index in [0.717, 1.165) is 12.1 Å². The highest BCUT2D eigenvalue weighted by molar-refractivity contribution is 5.95. The minimum Gasteiger partial charge on any atom is -0.479 e. The van der Waals surface area contributed by atoms with Gasteiger partial charge in [-0.3, -0.25) is 14.9 Å². The zero-order valence-electron chi connectivity index (χ0n) is 10.3. The average Bonchev–Trinajstić information content (AvgIpc) is 2.37. The Labute approximate surface area is 112 Å². The second kappa shape index (κ2) is 6.06. The molecular formula is C11H11FN2O6. The van der Waals surface area contributed by atoms with Crippen LogP contribution in [0.25, 0.3) is 0 Å². The molecule has 9 heteroatoms. The van der Waals surface area contributed by atoms with E-state index in [1.54, 1.807) is 0 Å². The number of carboxylic acids is 1. The molecule has 1 amide bonds. The van der Waals surface area contributed by atoms with Gasteiger partial charge in [-0.15, -0.1) is 0 Å². The number of rotatable bonds is 5. The van der Waals surface area contributed by atoms with Gasteiger partial charge in [-0.2, -0.15) is 0 Å². The summed E-state index contributed by atoms with van der Waals surface area (Å²) in [6.07, 6.45) is -1.85. The highest BCUT2D eigenvalue weighted by atomic mass is 19.1. The van der Waals surface area contributed by atoms with Gasteiger partial charge < -0.3 is 15.5 Å². The van der Waals surface area contributed by atoms with Crippen LogP contribution in [0.15, 0.2) is 12.1 Å². The Bertz CT molecular complexity index is 574. The third-order valence-electron chi connectivity index (χ3n) is 2.44. The van der Waals surface area contributed by atoms with Crippen molar-refractivity contribution < 1.29 is 29.1 Å². The number of nitrogens with one attached hydrogen (secondary N) is 1. The third kappa shape index (κ3) is 3.48. The number of carbonyl (C=O) groups is 2. The smallest absolute Gasteiger partial charge is 0.334 e. The van der Waals surface area contributed by atoms with E-state index in [-0.39, 0.29) is 5.56 Å². The van der Waals surface area contributed by atoms with Crippen molar-refractivity contribution in [3.8, 4) is 0 Å². The number of non-ortho nitro benzene ring substituents is 1. The summed E-state index contributed by atoms with van der Waals surface area (Å²) >= 11 is 0. The lowest BCUT2D eigenvalue weighted by atomic mass is 10.1. The quantitative estimate of drug-likeness (QED) is 0.524. The third-order valence-corrected chi connectivity index (χ3v) is 2.44. The van der Waals surface area contributed by atoms with Gasteiger partial charge in [0.25, 0.3) is 11.6 Å². The van der Waals surface area contributed by atoms with Crippen LogP contribution in [0.3, 0.4) is 0 Å². The lowest BCUT2D eigenvalue weighted by Crippen LogP contribution is -2.36. The molecule has 0 aliphatic carbocycles. The molecule has 1 atom stereocenters. The fourth-order valence-corrected chi connectivity index (χ4v) is 1.39. The average molecular weight is 286 g/mol. The van der Waals surface area contributed by atoms with Crippen LogP contribution < -0.4 is 5.32 Å². The van der Waals surface area contributed by atoms with E-state index in [2.05, 4.69) is 0 Å². The lowest BCUT2D eigenvalue weighted by Gasteiger charge is -2.09. The molecule has 0 fully saturated rings. The number of benzene rings is 1. The van der Waals surface area contributed by atoms with Crippen molar-refractivity contribution in [2.75, 3.05) is 6.54 Å². The fourth-order valence-electron chi connectivity index (χ4n) is 1.39. The molecule has 1 rings (SSSR count). The van der Waals surface area contributed by atoms with Gasteiger partial charge in [0.05, 0.1) is 17.0 Å². The predicted molar refractivity (Wildman–Crippen MR) is 63.8 cm³/mol. The number of halogens is 1. The fraction of sp³-hybridized carbons (Fsp3) is 0.273. The van der Waals surface area contributed by atoms with Gasteiger partial charge in [-0.1, -0.05) is 0 Å². The van der Waals surface area contributed by atoms with E-state index >= 15 is 0 Å². The Kier molecular flexibility index (Phi) is 4.70. The number of aliphatic carboxylic acids is 1. The van der Waals surface area contributed by atoms with Crippen LogP contribution in [0.1, 0.15) is 15.9 Å². The minimum absolute atomic E-state index is 0.0943. The highest BCUT2D eigenvalue weighted by Gasteiger charge is 2.21. The molecule has 0 bridgehead atoms. The first-order valence-corrected chi connectivity index (χ1v) is 5.37. The maximum absolute atomic E-state index is 13.7. The molecule has 108 valence electrons. The van der Waals surface area contributed by atoms with Crippen LogP contribution in [0.2, 0.25) is 0 Å². The second-order valence-electron chi connectivity index (χ2n) is 3.95. The van der Waals surface area contributed by atoms with Crippen LogP contribution in [0.5, 0.6) is 0 Å². The number of nitro groups is 1. The van der Waals surface area contributed by atoms with Crippen LogP contribution in [0.4, 0.5) is 10.1 Å². The van der Waals surface area contributed by atoms with Crippen molar-refractivity contribution in [3.63, 3.8) is 0 Å². The Morgan fingerprint density at radius 3 is 2.60 bits per heavy atom. The first-order valence-electron chi connectivity index (χ1n) is 5.37. The Hall–Kier alpha value is -2.55. The van der Waals surface area contributed by atoms with Crippen LogP contribution in [-0.2, 0) is 4.79 Å². The van der Waals surface area contributed by atoms with Crippen molar-refractivity contribution in [2.45, 2.75) is 13.0 Å². The zero-order valence-corrected chi connectivity index (χ0v) is 10.3. The molecule has 0 aromatic heterocycles. The largest absolute Gasteiger partial charge is 0.479 e. The molecule has 0 unspecified atom stereocenters. The molecule has 8 nitrogen and oxygen atoms in total. The number of hydrogen-bond donors (Lipinski definition) is 3. The standard InChI is InChI=1S/C11H11FN2O6/c1-5-2-6(14(19)20)3-7(9(5)12)10(16)13-4-8(15)11(17)18/h2-3,8,15H,4H2,1H3,(H,13,16)(H,17,18)/t8-/m0/s1. The molecule has 3 N–H and O–H groups in total. The summed E-state index contributed by atoms with van der Waals surface area (Å²) in [5.74, 6) is -3.55. The minimum atomic E-state index is -1.85. The number of nitro benzene ring substituents is 1. The number of hydrogen-bond acceptors (Lipinski definition) is 5. The molecule has 0 saturated heterocycles. The van der Waals surface area contributed by atoms with Crippen LogP contribution >= 0.6 is 0 Å². The Balaban J connectivity index is 2.98. The van der Waals surface area contributed by atoms with Gasteiger partial charge in [-0.25, -0.2) is 9.18 Å². The van der Waals surface area contributed by atoms with Crippen LogP contribution in [-0.4, -0.2) is 39.7 Å². The monoisotopic (exact) mass is 286 g/mol. The van der Waals surface area contributed by atoms with Gasteiger partial charge in [0, 0.05) is 12.1 Å². The summed E-state index contributed by atoms with van der Waals surface area (Å²) in [5, 5.41) is 30.0. The van der Waals surface area contributed by atoms with Gasteiger partial charge in [0.1, 0.15) is 5.82 Å². The Morgan fingerprint density at radius 2 is 2.10 bits per heavy atom. The molecule has 0 heterocycles. The predicted octanol–water partition coefficient (Wildman–Crippen LogP) is 0.218. The summed E-state index contributed by atoms with van der Waals surface area (Å²) in [5.41, 5.74) is -1.15. The first kappa shape index (κ1) is 15.5. The summed E-state index contributed by atoms with van der Waals surface area (Å²) in [4.78, 5) is 31.8. The number of carboxylic acid groups (broad SMARTS) is 1. The summed E-state index contributed by atoms with van der Waals surface area (Å²) in [7, 11) is 0.